The average Bonchev–Trinajstić information content (AvgIpc) is 3.72. The molecular weight excluding hydrogens is 702 g/mol. The molecule has 4 aromatic rings. The Hall–Kier alpha value is -4.28. The predicted molar refractivity (Wildman–Crippen MR) is 204 cm³/mol. The number of ether oxygens (including phenoxy) is 3. The molecule has 0 amide bonds. The molecule has 3 aliphatic heterocycles. The van der Waals surface area contributed by atoms with Crippen molar-refractivity contribution in [1.29, 1.82) is 0 Å². The van der Waals surface area contributed by atoms with E-state index in [1.165, 1.54) is 63.7 Å². The summed E-state index contributed by atoms with van der Waals surface area (Å²) in [5.74, 6) is -0.924. The number of aromatic nitrogens is 3. The lowest BCUT2D eigenvalue weighted by atomic mass is 9.94. The number of carbonyl (C=O) groups excluding carboxylic acids is 1. The third kappa shape index (κ3) is 10.1. The SMILES string of the molecule is CCc1c(F)ccc2cc(O)cc(-c3ncc4c(N5CCOC[C@@](C)(O)C5)nc(OC)nc4c3F)c12.CN(C)C.CO.O=COCC1CCC2CCCN21. The number of anilines is 1. The van der Waals surface area contributed by atoms with Gasteiger partial charge >= 0.3 is 6.01 Å². The van der Waals surface area contributed by atoms with Crippen LogP contribution in [0.5, 0.6) is 11.8 Å². The maximum Gasteiger partial charge on any atom is 0.318 e. The molecule has 2 aromatic carbocycles. The van der Waals surface area contributed by atoms with Crippen LogP contribution >= 0.6 is 0 Å². The summed E-state index contributed by atoms with van der Waals surface area (Å²) in [5.41, 5.74) is -0.615. The molecule has 7 rings (SSSR count). The molecule has 0 aliphatic carbocycles. The number of aliphatic hydroxyl groups excluding tert-OH is 1. The number of halogens is 2. The first-order chi connectivity index (χ1) is 25.9. The second-order valence-electron chi connectivity index (χ2n) is 14.2. The molecule has 0 spiro atoms. The van der Waals surface area contributed by atoms with Crippen molar-refractivity contribution in [2.75, 3.05) is 79.7 Å². The number of hydrogen-bond acceptors (Lipinski definition) is 13. The summed E-state index contributed by atoms with van der Waals surface area (Å²) < 4.78 is 46.4. The molecule has 296 valence electrons. The molecule has 2 unspecified atom stereocenters. The van der Waals surface area contributed by atoms with E-state index in [2.05, 4.69) is 19.9 Å². The van der Waals surface area contributed by atoms with E-state index in [-0.39, 0.29) is 41.7 Å². The van der Waals surface area contributed by atoms with Gasteiger partial charge in [-0.05, 0) is 101 Å². The Morgan fingerprint density at radius 3 is 2.54 bits per heavy atom. The highest BCUT2D eigenvalue weighted by Crippen LogP contribution is 2.39. The highest BCUT2D eigenvalue weighted by Gasteiger charge is 2.36. The molecule has 54 heavy (non-hydrogen) atoms. The first kappa shape index (κ1) is 42.5. The van der Waals surface area contributed by atoms with E-state index in [9.17, 15) is 19.4 Å². The Kier molecular flexibility index (Phi) is 15.2. The van der Waals surface area contributed by atoms with Crippen LogP contribution in [-0.2, 0) is 20.7 Å². The lowest BCUT2D eigenvalue weighted by Crippen LogP contribution is -2.42. The van der Waals surface area contributed by atoms with E-state index in [0.717, 1.165) is 13.2 Å². The fourth-order valence-electron chi connectivity index (χ4n) is 7.29. The molecule has 0 saturated carbocycles. The van der Waals surface area contributed by atoms with Crippen LogP contribution in [0.1, 0.15) is 45.1 Å². The van der Waals surface area contributed by atoms with Crippen molar-refractivity contribution in [2.45, 2.75) is 63.6 Å². The summed E-state index contributed by atoms with van der Waals surface area (Å²) in [6.45, 7) is 6.93. The van der Waals surface area contributed by atoms with Gasteiger partial charge in [0.2, 0.25) is 0 Å². The molecule has 0 bridgehead atoms. The number of carbonyl (C=O) groups is 1. The number of rotatable bonds is 7. The number of aromatic hydroxyl groups is 1. The normalized spacial score (nSPS) is 20.9. The number of benzene rings is 2. The molecule has 15 heteroatoms. The van der Waals surface area contributed by atoms with Crippen LogP contribution in [0.25, 0.3) is 32.9 Å². The number of methoxy groups -OCH3 is 1. The monoisotopic (exact) mass is 756 g/mol. The molecule has 0 radical (unpaired) electrons. The van der Waals surface area contributed by atoms with E-state index in [0.29, 0.717) is 66.2 Å². The number of nitrogens with zero attached hydrogens (tertiary/aromatic N) is 6. The zero-order chi connectivity index (χ0) is 39.6. The van der Waals surface area contributed by atoms with Gasteiger partial charge in [0.15, 0.2) is 5.82 Å². The summed E-state index contributed by atoms with van der Waals surface area (Å²) in [5, 5.41) is 29.4. The predicted octanol–water partition coefficient (Wildman–Crippen LogP) is 4.56. The van der Waals surface area contributed by atoms with Gasteiger partial charge in [0.05, 0.1) is 32.3 Å². The van der Waals surface area contributed by atoms with E-state index in [1.807, 2.05) is 33.0 Å². The third-order valence-electron chi connectivity index (χ3n) is 9.42. The minimum absolute atomic E-state index is 0.0439. The number of aryl methyl sites for hydroxylation is 1. The smallest absolute Gasteiger partial charge is 0.318 e. The largest absolute Gasteiger partial charge is 0.508 e. The first-order valence-electron chi connectivity index (χ1n) is 18.1. The quantitative estimate of drug-likeness (QED) is 0.226. The molecule has 2 aromatic heterocycles. The number of phenols is 1. The second-order valence-corrected chi connectivity index (χ2v) is 14.2. The Morgan fingerprint density at radius 2 is 1.85 bits per heavy atom. The fourth-order valence-corrected chi connectivity index (χ4v) is 7.29. The van der Waals surface area contributed by atoms with Crippen molar-refractivity contribution in [3.63, 3.8) is 0 Å². The maximum atomic E-state index is 16.2. The van der Waals surface area contributed by atoms with Crippen LogP contribution in [0.3, 0.4) is 0 Å². The highest BCUT2D eigenvalue weighted by atomic mass is 19.1. The van der Waals surface area contributed by atoms with Crippen molar-refractivity contribution < 1.29 is 43.1 Å². The maximum absolute atomic E-state index is 16.2. The number of β-amino-alcohol motifs (C(OH)–C–C–N with tert-alkyl or cyclic N) is 1. The van der Waals surface area contributed by atoms with Gasteiger partial charge in [-0.3, -0.25) is 14.7 Å². The average molecular weight is 757 g/mol. The summed E-state index contributed by atoms with van der Waals surface area (Å²) in [6.07, 6.45) is 6.99. The van der Waals surface area contributed by atoms with Crippen molar-refractivity contribution >= 4 is 34.0 Å². The number of phenolic OH excluding ortho intramolecular Hbond substituents is 1. The summed E-state index contributed by atoms with van der Waals surface area (Å²) >= 11 is 0. The molecule has 13 nitrogen and oxygen atoms in total. The van der Waals surface area contributed by atoms with Gasteiger partial charge in [0, 0.05) is 37.5 Å². The Labute approximate surface area is 315 Å². The minimum Gasteiger partial charge on any atom is -0.508 e. The van der Waals surface area contributed by atoms with E-state index >= 15 is 4.39 Å². The van der Waals surface area contributed by atoms with E-state index in [1.54, 1.807) is 17.9 Å². The Morgan fingerprint density at radius 1 is 1.11 bits per heavy atom. The number of hydrogen-bond donors (Lipinski definition) is 3. The van der Waals surface area contributed by atoms with Crippen LogP contribution in [0.2, 0.25) is 0 Å². The summed E-state index contributed by atoms with van der Waals surface area (Å²) in [4.78, 5) is 29.4. The molecule has 3 fully saturated rings. The van der Waals surface area contributed by atoms with Crippen LogP contribution in [-0.4, -0.2) is 139 Å². The third-order valence-corrected chi connectivity index (χ3v) is 9.42. The molecule has 3 aliphatic rings. The fraction of sp³-hybridized carbons (Fsp3) is 0.538. The second kappa shape index (κ2) is 19.4. The summed E-state index contributed by atoms with van der Waals surface area (Å²) in [6, 6.07) is 7.02. The standard InChI is InChI=1S/C26H26F2N4O4.C9H15NO2.C3H9N.CH4O/c1-4-16-19(27)6-5-14-9-15(33)10-17(20(14)16)22-21(28)23-18(11-29-22)24(31-25(30-23)35-3)32-7-8-36-13-26(2,34)12-32;11-7-12-6-9-4-3-8-2-1-5-10(8)9;1-4(2)3;1-2/h5-6,9-11,33-34H,4,7-8,12-13H2,1-3H3;7-9H,1-6H2;1-3H3;2H,1H3/t26-;;;/m0.../s1. The zero-order valence-corrected chi connectivity index (χ0v) is 32.3. The topological polar surface area (TPSA) is 154 Å². The summed E-state index contributed by atoms with van der Waals surface area (Å²) in [7, 11) is 8.38. The highest BCUT2D eigenvalue weighted by molar-refractivity contribution is 6.01. The van der Waals surface area contributed by atoms with Gasteiger partial charge in [0.1, 0.15) is 40.8 Å². The minimum atomic E-state index is -1.14. The van der Waals surface area contributed by atoms with Crippen molar-refractivity contribution in [3.8, 4) is 23.0 Å². The first-order valence-corrected chi connectivity index (χ1v) is 18.1. The van der Waals surface area contributed by atoms with Gasteiger partial charge in [-0.2, -0.15) is 9.97 Å². The van der Waals surface area contributed by atoms with Crippen LogP contribution < -0.4 is 9.64 Å². The number of aliphatic hydroxyl groups is 2. The number of fused-ring (bicyclic) bond motifs is 3. The van der Waals surface area contributed by atoms with Crippen molar-refractivity contribution in [2.24, 2.45) is 0 Å². The van der Waals surface area contributed by atoms with Gasteiger partial charge < -0.3 is 39.3 Å². The number of pyridine rings is 1. The van der Waals surface area contributed by atoms with Crippen LogP contribution in [0.15, 0.2) is 30.5 Å². The van der Waals surface area contributed by atoms with Crippen LogP contribution in [0, 0.1) is 11.6 Å². The lowest BCUT2D eigenvalue weighted by molar-refractivity contribution is -0.130. The van der Waals surface area contributed by atoms with Crippen molar-refractivity contribution in [3.05, 3.63) is 47.7 Å². The van der Waals surface area contributed by atoms with Gasteiger partial charge in [-0.15, -0.1) is 0 Å². The van der Waals surface area contributed by atoms with Gasteiger partial charge in [-0.25, -0.2) is 8.78 Å². The van der Waals surface area contributed by atoms with Crippen molar-refractivity contribution in [1.82, 2.24) is 24.8 Å². The van der Waals surface area contributed by atoms with E-state index in [4.69, 9.17) is 19.3 Å². The molecular formula is C39H54F2N6O7. The molecule has 3 N–H and O–H groups in total. The Balaban J connectivity index is 0.000000298. The lowest BCUT2D eigenvalue weighted by Gasteiger charge is -2.29. The molecule has 3 saturated heterocycles. The zero-order valence-electron chi connectivity index (χ0n) is 32.3. The Bertz CT molecular complexity index is 1860. The molecule has 5 heterocycles. The molecule has 3 atom stereocenters. The van der Waals surface area contributed by atoms with Gasteiger partial charge in [-0.1, -0.05) is 13.0 Å². The van der Waals surface area contributed by atoms with E-state index < -0.39 is 17.2 Å². The van der Waals surface area contributed by atoms with Gasteiger partial charge in [0.25, 0.3) is 6.47 Å². The van der Waals surface area contributed by atoms with Crippen LogP contribution in [0.4, 0.5) is 14.6 Å².